The zero-order valence-corrected chi connectivity index (χ0v) is 20.6. The molecule has 1 N–H and O–H groups in total. The quantitative estimate of drug-likeness (QED) is 0.351. The molecule has 6 nitrogen and oxygen atoms in total. The largest absolute Gasteiger partial charge is 0.321 e. The molecule has 0 saturated heterocycles. The lowest BCUT2D eigenvalue weighted by molar-refractivity contribution is -0.110. The first-order chi connectivity index (χ1) is 17.0. The summed E-state index contributed by atoms with van der Waals surface area (Å²) in [6.07, 6.45) is 6.57. The first kappa shape index (κ1) is 21.9. The summed E-state index contributed by atoms with van der Waals surface area (Å²) in [5.74, 6) is 1.94. The lowest BCUT2D eigenvalue weighted by Gasteiger charge is -2.11. The molecule has 0 aliphatic carbocycles. The van der Waals surface area contributed by atoms with Gasteiger partial charge in [-0.3, -0.25) is 4.79 Å². The van der Waals surface area contributed by atoms with Crippen molar-refractivity contribution in [2.75, 3.05) is 5.32 Å². The van der Waals surface area contributed by atoms with Gasteiger partial charge >= 0.3 is 0 Å². The van der Waals surface area contributed by atoms with Gasteiger partial charge in [0.15, 0.2) is 5.82 Å². The van der Waals surface area contributed by atoms with E-state index in [1.165, 1.54) is 19.3 Å². The third-order valence-electron chi connectivity index (χ3n) is 7.03. The van der Waals surface area contributed by atoms with E-state index in [1.807, 2.05) is 18.2 Å². The van der Waals surface area contributed by atoms with E-state index in [9.17, 15) is 4.79 Å². The molecule has 0 bridgehead atoms. The highest BCUT2D eigenvalue weighted by molar-refractivity contribution is 6.36. The summed E-state index contributed by atoms with van der Waals surface area (Å²) in [6, 6.07) is 16.1. The highest BCUT2D eigenvalue weighted by Gasteiger charge is 2.25. The summed E-state index contributed by atoms with van der Waals surface area (Å²) in [4.78, 5) is 12.7. The third-order valence-corrected chi connectivity index (χ3v) is 7.26. The molecule has 2 aliphatic heterocycles. The maximum atomic E-state index is 12.7. The van der Waals surface area contributed by atoms with Gasteiger partial charge in [-0.05, 0) is 80.8 Å². The number of fused-ring (bicyclic) bond motifs is 2. The van der Waals surface area contributed by atoms with Crippen LogP contribution in [0.15, 0.2) is 48.5 Å². The minimum Gasteiger partial charge on any atom is -0.321 e. The second kappa shape index (κ2) is 8.54. The first-order valence-corrected chi connectivity index (χ1v) is 12.4. The van der Waals surface area contributed by atoms with Gasteiger partial charge < -0.3 is 14.5 Å². The number of nitrogens with one attached hydrogen (secondary N) is 1. The van der Waals surface area contributed by atoms with E-state index in [1.54, 1.807) is 6.07 Å². The number of carbonyl (C=O) groups excluding carboxylic acids is 1. The molecule has 2 aliphatic rings. The predicted molar refractivity (Wildman–Crippen MR) is 140 cm³/mol. The van der Waals surface area contributed by atoms with Crippen molar-refractivity contribution >= 4 is 34.8 Å². The van der Waals surface area contributed by atoms with Crippen molar-refractivity contribution in [1.29, 1.82) is 0 Å². The van der Waals surface area contributed by atoms with Crippen molar-refractivity contribution in [3.8, 4) is 17.1 Å². The number of amides is 1. The normalized spacial score (nSPS) is 16.2. The number of halogens is 1. The summed E-state index contributed by atoms with van der Waals surface area (Å²) in [7, 11) is 0. The fraction of sp³-hybridized carbons (Fsp3) is 0.250. The Morgan fingerprint density at radius 2 is 1.83 bits per heavy atom. The van der Waals surface area contributed by atoms with Gasteiger partial charge in [-0.2, -0.15) is 0 Å². The Kier molecular flexibility index (Phi) is 5.33. The maximum absolute atomic E-state index is 12.7. The number of nitrogens with zero attached hydrogens (tertiary/aromatic N) is 4. The van der Waals surface area contributed by atoms with Gasteiger partial charge in [0.2, 0.25) is 0 Å². The monoisotopic (exact) mass is 483 g/mol. The summed E-state index contributed by atoms with van der Waals surface area (Å²) in [5, 5.41) is 12.5. The van der Waals surface area contributed by atoms with Crippen LogP contribution in [0.4, 0.5) is 5.69 Å². The molecule has 176 valence electrons. The standard InChI is InChI=1S/C28H26ClN5O/c1-17-14-20(15-24-23-12-9-21(29)16-25(23)30-28(24)35)18(2)34(17)22-10-7-19(8-11-22)27-32-31-26-6-4-3-5-13-33(26)27/h7-12,14-16H,3-6,13H2,1-2H3,(H,30,35). The molecule has 35 heavy (non-hydrogen) atoms. The number of hydrogen-bond donors (Lipinski definition) is 1. The van der Waals surface area contributed by atoms with Gasteiger partial charge in [-0.25, -0.2) is 0 Å². The fourth-order valence-corrected chi connectivity index (χ4v) is 5.43. The molecular formula is C28H26ClN5O. The second-order valence-electron chi connectivity index (χ2n) is 9.31. The van der Waals surface area contributed by atoms with Gasteiger partial charge in [-0.1, -0.05) is 24.1 Å². The minimum absolute atomic E-state index is 0.108. The van der Waals surface area contributed by atoms with Crippen LogP contribution in [0.1, 0.15) is 47.6 Å². The molecule has 7 heteroatoms. The lowest BCUT2D eigenvalue weighted by Crippen LogP contribution is -2.04. The van der Waals surface area contributed by atoms with E-state index in [0.717, 1.165) is 64.1 Å². The first-order valence-electron chi connectivity index (χ1n) is 12.0. The molecule has 0 fully saturated rings. The molecule has 0 saturated carbocycles. The van der Waals surface area contributed by atoms with Crippen LogP contribution >= 0.6 is 11.6 Å². The fourth-order valence-electron chi connectivity index (χ4n) is 5.25. The predicted octanol–water partition coefficient (Wildman–Crippen LogP) is 6.23. The maximum Gasteiger partial charge on any atom is 0.256 e. The van der Waals surface area contributed by atoms with Crippen molar-refractivity contribution in [3.05, 3.63) is 81.9 Å². The van der Waals surface area contributed by atoms with Gasteiger partial charge in [0.25, 0.3) is 5.91 Å². The van der Waals surface area contributed by atoms with Crippen molar-refractivity contribution < 1.29 is 4.79 Å². The van der Waals surface area contributed by atoms with E-state index in [4.69, 9.17) is 11.6 Å². The van der Waals surface area contributed by atoms with E-state index in [0.29, 0.717) is 10.6 Å². The summed E-state index contributed by atoms with van der Waals surface area (Å²) < 4.78 is 4.49. The van der Waals surface area contributed by atoms with Crippen LogP contribution in [0.5, 0.6) is 0 Å². The lowest BCUT2D eigenvalue weighted by atomic mass is 10.0. The molecule has 2 aromatic heterocycles. The number of carbonyl (C=O) groups is 1. The molecule has 0 unspecified atom stereocenters. The Balaban J connectivity index is 1.34. The Hall–Kier alpha value is -3.64. The molecule has 2 aromatic carbocycles. The van der Waals surface area contributed by atoms with Crippen LogP contribution in [-0.4, -0.2) is 25.2 Å². The van der Waals surface area contributed by atoms with Crippen molar-refractivity contribution in [2.45, 2.75) is 46.1 Å². The second-order valence-corrected chi connectivity index (χ2v) is 9.75. The highest BCUT2D eigenvalue weighted by atomic mass is 35.5. The Morgan fingerprint density at radius 1 is 1.00 bits per heavy atom. The van der Waals surface area contributed by atoms with Crippen molar-refractivity contribution in [3.63, 3.8) is 0 Å². The van der Waals surface area contributed by atoms with Crippen LogP contribution in [0.25, 0.3) is 28.7 Å². The summed E-state index contributed by atoms with van der Waals surface area (Å²) >= 11 is 6.10. The molecule has 4 heterocycles. The summed E-state index contributed by atoms with van der Waals surface area (Å²) in [6.45, 7) is 5.15. The van der Waals surface area contributed by atoms with Gasteiger partial charge in [-0.15, -0.1) is 10.2 Å². The van der Waals surface area contributed by atoms with Crippen LogP contribution in [0, 0.1) is 13.8 Å². The molecule has 0 atom stereocenters. The smallest absolute Gasteiger partial charge is 0.256 e. The van der Waals surface area contributed by atoms with E-state index in [-0.39, 0.29) is 5.91 Å². The van der Waals surface area contributed by atoms with Crippen LogP contribution in [-0.2, 0) is 17.8 Å². The number of hydrogen-bond acceptors (Lipinski definition) is 3. The average Bonchev–Trinajstić information content (AvgIpc) is 3.40. The molecule has 1 amide bonds. The number of rotatable bonds is 3. The van der Waals surface area contributed by atoms with E-state index < -0.39 is 0 Å². The molecular weight excluding hydrogens is 458 g/mol. The van der Waals surface area contributed by atoms with E-state index in [2.05, 4.69) is 68.8 Å². The van der Waals surface area contributed by atoms with Gasteiger partial charge in [0.05, 0.1) is 5.69 Å². The number of anilines is 1. The van der Waals surface area contributed by atoms with Crippen LogP contribution < -0.4 is 5.32 Å². The Labute approximate surface area is 209 Å². The molecule has 6 rings (SSSR count). The van der Waals surface area contributed by atoms with Crippen molar-refractivity contribution in [1.82, 2.24) is 19.3 Å². The average molecular weight is 484 g/mol. The third kappa shape index (κ3) is 3.78. The Morgan fingerprint density at radius 3 is 2.66 bits per heavy atom. The van der Waals surface area contributed by atoms with Crippen LogP contribution in [0.3, 0.4) is 0 Å². The van der Waals surface area contributed by atoms with Gasteiger partial charge in [0.1, 0.15) is 5.82 Å². The zero-order chi connectivity index (χ0) is 24.1. The number of aromatic nitrogens is 4. The Bertz CT molecular complexity index is 1490. The van der Waals surface area contributed by atoms with Crippen molar-refractivity contribution in [2.24, 2.45) is 0 Å². The molecule has 0 spiro atoms. The van der Waals surface area contributed by atoms with Crippen LogP contribution in [0.2, 0.25) is 5.02 Å². The SMILES string of the molecule is Cc1cc(C=C2C(=O)Nc3cc(Cl)ccc32)c(C)n1-c1ccc(-c2nnc3n2CCCCC3)cc1. The number of aryl methyl sites for hydroxylation is 2. The number of benzene rings is 2. The van der Waals surface area contributed by atoms with E-state index >= 15 is 0 Å². The zero-order valence-electron chi connectivity index (χ0n) is 19.8. The summed E-state index contributed by atoms with van der Waals surface area (Å²) in [5.41, 5.74) is 7.64. The molecule has 0 radical (unpaired) electrons. The highest BCUT2D eigenvalue weighted by Crippen LogP contribution is 2.36. The minimum atomic E-state index is -0.108. The topological polar surface area (TPSA) is 64.7 Å². The molecule has 4 aromatic rings. The van der Waals surface area contributed by atoms with Gasteiger partial charge in [0, 0.05) is 51.8 Å².